The molecule has 1 unspecified atom stereocenters. The molecule has 7 nitrogen and oxygen atoms in total. The van der Waals surface area contributed by atoms with E-state index >= 15 is 0 Å². The van der Waals surface area contributed by atoms with Gasteiger partial charge in [0.1, 0.15) is 0 Å². The SMILES string of the molecule is Cc1ccc(C(O)C(=O)O)c(OC(F)F)c1[N+](=O)[O-]. The second kappa shape index (κ2) is 5.57. The van der Waals surface area contributed by atoms with E-state index < -0.39 is 40.6 Å². The van der Waals surface area contributed by atoms with Crippen LogP contribution in [0.4, 0.5) is 14.5 Å². The summed E-state index contributed by atoms with van der Waals surface area (Å²) in [6.45, 7) is -2.12. The van der Waals surface area contributed by atoms with Crippen LogP contribution in [0.1, 0.15) is 17.2 Å². The summed E-state index contributed by atoms with van der Waals surface area (Å²) in [5, 5.41) is 28.8. The summed E-state index contributed by atoms with van der Waals surface area (Å²) in [6, 6.07) is 2.12. The van der Waals surface area contributed by atoms with Crippen LogP contribution in [0.15, 0.2) is 12.1 Å². The number of nitro groups is 1. The Labute approximate surface area is 105 Å². The standard InChI is InChI=1S/C10H9F2NO6/c1-4-2-3-5(7(14)9(15)16)8(19-10(11)12)6(4)13(17)18/h2-3,7,10,14H,1H3,(H,15,16). The van der Waals surface area contributed by atoms with Gasteiger partial charge in [-0.15, -0.1) is 0 Å². The fraction of sp³-hybridized carbons (Fsp3) is 0.300. The molecule has 2 N–H and O–H groups in total. The Balaban J connectivity index is 3.50. The number of halogens is 2. The third-order valence-electron chi connectivity index (χ3n) is 2.28. The normalized spacial score (nSPS) is 12.3. The molecule has 1 aromatic carbocycles. The van der Waals surface area contributed by atoms with Gasteiger partial charge >= 0.3 is 18.3 Å². The molecule has 9 heteroatoms. The fourth-order valence-electron chi connectivity index (χ4n) is 1.47. The summed E-state index contributed by atoms with van der Waals surface area (Å²) in [6.07, 6.45) is -2.20. The molecular formula is C10H9F2NO6. The van der Waals surface area contributed by atoms with E-state index in [4.69, 9.17) is 5.11 Å². The van der Waals surface area contributed by atoms with E-state index in [2.05, 4.69) is 4.74 Å². The van der Waals surface area contributed by atoms with Crippen molar-refractivity contribution in [2.75, 3.05) is 0 Å². The number of hydrogen-bond donors (Lipinski definition) is 2. The second-order valence-corrected chi connectivity index (χ2v) is 3.53. The van der Waals surface area contributed by atoms with E-state index in [0.717, 1.165) is 12.1 Å². The van der Waals surface area contributed by atoms with Gasteiger partial charge < -0.3 is 14.9 Å². The van der Waals surface area contributed by atoms with Crippen LogP contribution >= 0.6 is 0 Å². The highest BCUT2D eigenvalue weighted by molar-refractivity contribution is 5.76. The molecule has 0 radical (unpaired) electrons. The molecule has 0 aliphatic heterocycles. The predicted molar refractivity (Wildman–Crippen MR) is 57.1 cm³/mol. The monoisotopic (exact) mass is 277 g/mol. The number of ether oxygens (including phenoxy) is 1. The molecule has 0 fully saturated rings. The molecule has 0 aromatic heterocycles. The number of benzene rings is 1. The first-order valence-electron chi connectivity index (χ1n) is 4.89. The van der Waals surface area contributed by atoms with E-state index in [1.54, 1.807) is 0 Å². The highest BCUT2D eigenvalue weighted by Crippen LogP contribution is 2.38. The third-order valence-corrected chi connectivity index (χ3v) is 2.28. The Morgan fingerprint density at radius 1 is 1.47 bits per heavy atom. The Kier molecular flexibility index (Phi) is 4.33. The van der Waals surface area contributed by atoms with Gasteiger partial charge in [-0.3, -0.25) is 10.1 Å². The van der Waals surface area contributed by atoms with Gasteiger partial charge in [0.25, 0.3) is 0 Å². The molecule has 0 spiro atoms. The quantitative estimate of drug-likeness (QED) is 0.625. The van der Waals surface area contributed by atoms with Crippen molar-refractivity contribution in [1.82, 2.24) is 0 Å². The highest BCUT2D eigenvalue weighted by Gasteiger charge is 2.30. The molecule has 0 bridgehead atoms. The van der Waals surface area contributed by atoms with Crippen molar-refractivity contribution in [3.63, 3.8) is 0 Å². The van der Waals surface area contributed by atoms with Crippen molar-refractivity contribution in [3.05, 3.63) is 33.4 Å². The van der Waals surface area contributed by atoms with Crippen LogP contribution < -0.4 is 4.74 Å². The third kappa shape index (κ3) is 3.13. The number of aliphatic hydroxyl groups is 1. The number of rotatable bonds is 5. The van der Waals surface area contributed by atoms with Crippen LogP contribution in [0.2, 0.25) is 0 Å². The van der Waals surface area contributed by atoms with Gasteiger partial charge in [0, 0.05) is 11.1 Å². The fourth-order valence-corrected chi connectivity index (χ4v) is 1.47. The molecule has 0 aliphatic rings. The van der Waals surface area contributed by atoms with Gasteiger partial charge in [0.05, 0.1) is 4.92 Å². The van der Waals surface area contributed by atoms with Crippen LogP contribution in [0, 0.1) is 17.0 Å². The molecule has 0 aliphatic carbocycles. The van der Waals surface area contributed by atoms with Crippen LogP contribution in [0.3, 0.4) is 0 Å². The van der Waals surface area contributed by atoms with E-state index in [1.165, 1.54) is 6.92 Å². The molecule has 0 amide bonds. The van der Waals surface area contributed by atoms with E-state index in [9.17, 15) is 28.8 Å². The first-order valence-corrected chi connectivity index (χ1v) is 4.89. The topological polar surface area (TPSA) is 110 Å². The van der Waals surface area contributed by atoms with Crippen molar-refractivity contribution in [1.29, 1.82) is 0 Å². The van der Waals surface area contributed by atoms with Crippen molar-refractivity contribution in [2.45, 2.75) is 19.6 Å². The molecular weight excluding hydrogens is 268 g/mol. The minimum atomic E-state index is -3.39. The Morgan fingerprint density at radius 3 is 2.47 bits per heavy atom. The number of nitrogens with zero attached hydrogens (tertiary/aromatic N) is 1. The number of aliphatic hydroxyl groups excluding tert-OH is 1. The second-order valence-electron chi connectivity index (χ2n) is 3.53. The number of carboxylic acid groups (broad SMARTS) is 1. The first-order chi connectivity index (χ1) is 8.75. The molecule has 1 rings (SSSR count). The van der Waals surface area contributed by atoms with Gasteiger partial charge in [-0.2, -0.15) is 8.78 Å². The number of aryl methyl sites for hydroxylation is 1. The highest BCUT2D eigenvalue weighted by atomic mass is 19.3. The van der Waals surface area contributed by atoms with Crippen LogP contribution in [0.25, 0.3) is 0 Å². The Bertz CT molecular complexity index is 519. The van der Waals surface area contributed by atoms with E-state index in [0.29, 0.717) is 0 Å². The number of nitro benzene ring substituents is 1. The van der Waals surface area contributed by atoms with Crippen molar-refractivity contribution >= 4 is 11.7 Å². The maximum atomic E-state index is 12.3. The average molecular weight is 277 g/mol. The van der Waals surface area contributed by atoms with Gasteiger partial charge in [-0.1, -0.05) is 12.1 Å². The summed E-state index contributed by atoms with van der Waals surface area (Å²) in [5.41, 5.74) is -1.41. The molecule has 104 valence electrons. The van der Waals surface area contributed by atoms with Crippen molar-refractivity contribution in [2.24, 2.45) is 0 Å². The molecule has 0 heterocycles. The van der Waals surface area contributed by atoms with Gasteiger partial charge in [-0.05, 0) is 6.92 Å². The Hall–Kier alpha value is -2.29. The summed E-state index contributed by atoms with van der Waals surface area (Å²) < 4.78 is 28.5. The molecule has 1 atom stereocenters. The number of alkyl halides is 2. The van der Waals surface area contributed by atoms with Crippen LogP contribution in [-0.4, -0.2) is 27.7 Å². The largest absolute Gasteiger partial charge is 0.479 e. The minimum absolute atomic E-state index is 0.00184. The molecule has 19 heavy (non-hydrogen) atoms. The van der Waals surface area contributed by atoms with E-state index in [-0.39, 0.29) is 5.56 Å². The molecule has 1 aromatic rings. The maximum absolute atomic E-state index is 12.3. The Morgan fingerprint density at radius 2 is 2.05 bits per heavy atom. The zero-order valence-electron chi connectivity index (χ0n) is 9.54. The predicted octanol–water partition coefficient (Wildman–Crippen LogP) is 1.62. The lowest BCUT2D eigenvalue weighted by atomic mass is 10.0. The van der Waals surface area contributed by atoms with Gasteiger partial charge in [0.2, 0.25) is 5.75 Å². The smallest absolute Gasteiger partial charge is 0.387 e. The first kappa shape index (κ1) is 14.8. The average Bonchev–Trinajstić information content (AvgIpc) is 2.26. The summed E-state index contributed by atoms with van der Waals surface area (Å²) in [4.78, 5) is 20.5. The van der Waals surface area contributed by atoms with Gasteiger partial charge in [-0.25, -0.2) is 4.79 Å². The summed E-state index contributed by atoms with van der Waals surface area (Å²) >= 11 is 0. The number of carboxylic acids is 1. The number of carbonyl (C=O) groups is 1. The van der Waals surface area contributed by atoms with Crippen molar-refractivity contribution < 1.29 is 33.4 Å². The van der Waals surface area contributed by atoms with Gasteiger partial charge in [0.15, 0.2) is 6.10 Å². The minimum Gasteiger partial charge on any atom is -0.479 e. The van der Waals surface area contributed by atoms with E-state index in [1.807, 2.05) is 0 Å². The molecule has 0 saturated heterocycles. The summed E-state index contributed by atoms with van der Waals surface area (Å²) in [5.74, 6) is -2.69. The van der Waals surface area contributed by atoms with Crippen LogP contribution in [0.5, 0.6) is 5.75 Å². The zero-order chi connectivity index (χ0) is 14.7. The lowest BCUT2D eigenvalue weighted by Crippen LogP contribution is -2.15. The lowest BCUT2D eigenvalue weighted by Gasteiger charge is -2.14. The number of aliphatic carboxylic acids is 1. The number of hydrogen-bond acceptors (Lipinski definition) is 5. The summed E-state index contributed by atoms with van der Waals surface area (Å²) in [7, 11) is 0. The maximum Gasteiger partial charge on any atom is 0.387 e. The van der Waals surface area contributed by atoms with Crippen molar-refractivity contribution in [3.8, 4) is 5.75 Å². The zero-order valence-corrected chi connectivity index (χ0v) is 9.54. The van der Waals surface area contributed by atoms with Crippen LogP contribution in [-0.2, 0) is 4.79 Å². The lowest BCUT2D eigenvalue weighted by molar-refractivity contribution is -0.387. The molecule has 0 saturated carbocycles.